The minimum Gasteiger partial charge on any atom is -0.383 e. The Labute approximate surface area is 120 Å². The van der Waals surface area contributed by atoms with E-state index in [0.717, 1.165) is 18.5 Å². The summed E-state index contributed by atoms with van der Waals surface area (Å²) >= 11 is 0. The van der Waals surface area contributed by atoms with E-state index in [9.17, 15) is 4.79 Å². The summed E-state index contributed by atoms with van der Waals surface area (Å²) in [6.07, 6.45) is 1.78. The Kier molecular flexibility index (Phi) is 5.01. The molecule has 1 heterocycles. The summed E-state index contributed by atoms with van der Waals surface area (Å²) in [7, 11) is 1.66. The average Bonchev–Trinajstić information content (AvgIpc) is 2.46. The number of carbonyl (C=O) groups excluding carboxylic acids is 1. The van der Waals surface area contributed by atoms with E-state index < -0.39 is 0 Å². The third-order valence-electron chi connectivity index (χ3n) is 3.84. The van der Waals surface area contributed by atoms with Crippen LogP contribution in [0.15, 0.2) is 24.3 Å². The molecular formula is C16H24N2O2. The van der Waals surface area contributed by atoms with Gasteiger partial charge in [-0.05, 0) is 30.4 Å². The highest BCUT2D eigenvalue weighted by atomic mass is 16.5. The third-order valence-corrected chi connectivity index (χ3v) is 3.84. The normalized spacial score (nSPS) is 19.1. The number of rotatable bonds is 5. The van der Waals surface area contributed by atoms with Crippen molar-refractivity contribution in [3.63, 3.8) is 0 Å². The molecule has 0 spiro atoms. The predicted molar refractivity (Wildman–Crippen MR) is 80.8 cm³/mol. The van der Waals surface area contributed by atoms with Gasteiger partial charge in [0, 0.05) is 12.8 Å². The number of benzene rings is 1. The molecule has 0 fully saturated rings. The molecule has 110 valence electrons. The number of hydrogen-bond acceptors (Lipinski definition) is 3. The number of carbonyl (C=O) groups is 1. The Morgan fingerprint density at radius 2 is 2.20 bits per heavy atom. The van der Waals surface area contributed by atoms with Gasteiger partial charge in [-0.15, -0.1) is 0 Å². The van der Waals surface area contributed by atoms with Crippen LogP contribution in [0, 0.1) is 5.92 Å². The van der Waals surface area contributed by atoms with E-state index >= 15 is 0 Å². The van der Waals surface area contributed by atoms with Crippen LogP contribution in [0.4, 0.5) is 5.69 Å². The van der Waals surface area contributed by atoms with Gasteiger partial charge in [0.25, 0.3) is 0 Å². The number of anilines is 1. The van der Waals surface area contributed by atoms with Crippen molar-refractivity contribution in [3.8, 4) is 0 Å². The number of ether oxygens (including phenoxy) is 1. The monoisotopic (exact) mass is 276 g/mol. The average molecular weight is 276 g/mol. The number of amides is 1. The second kappa shape index (κ2) is 6.75. The van der Waals surface area contributed by atoms with Crippen molar-refractivity contribution < 1.29 is 9.53 Å². The molecule has 20 heavy (non-hydrogen) atoms. The van der Waals surface area contributed by atoms with E-state index in [2.05, 4.69) is 30.5 Å². The smallest absolute Gasteiger partial charge is 0.242 e. The van der Waals surface area contributed by atoms with Gasteiger partial charge in [-0.3, -0.25) is 4.79 Å². The largest absolute Gasteiger partial charge is 0.383 e. The molecule has 4 nitrogen and oxygen atoms in total. The van der Waals surface area contributed by atoms with Gasteiger partial charge in [0.1, 0.15) is 6.04 Å². The van der Waals surface area contributed by atoms with Crippen LogP contribution in [0.2, 0.25) is 0 Å². The zero-order valence-electron chi connectivity index (χ0n) is 12.5. The van der Waals surface area contributed by atoms with Gasteiger partial charge < -0.3 is 15.4 Å². The minimum atomic E-state index is -0.150. The number of nitrogens with one attached hydrogen (secondary N) is 2. The van der Waals surface area contributed by atoms with Crippen LogP contribution in [0.1, 0.15) is 25.8 Å². The van der Waals surface area contributed by atoms with Crippen molar-refractivity contribution in [2.45, 2.75) is 38.8 Å². The van der Waals surface area contributed by atoms with E-state index in [4.69, 9.17) is 4.74 Å². The van der Waals surface area contributed by atoms with E-state index in [0.29, 0.717) is 12.5 Å². The second-order valence-electron chi connectivity index (χ2n) is 5.71. The lowest BCUT2D eigenvalue weighted by Gasteiger charge is -2.29. The Hall–Kier alpha value is -1.55. The molecule has 2 unspecified atom stereocenters. The number of fused-ring (bicyclic) bond motifs is 1. The molecule has 2 atom stereocenters. The summed E-state index contributed by atoms with van der Waals surface area (Å²) in [4.78, 5) is 12.4. The molecule has 1 amide bonds. The van der Waals surface area contributed by atoms with Crippen molar-refractivity contribution in [2.24, 2.45) is 5.92 Å². The Balaban J connectivity index is 1.97. The quantitative estimate of drug-likeness (QED) is 0.867. The maximum atomic E-state index is 12.4. The van der Waals surface area contributed by atoms with Gasteiger partial charge in [-0.25, -0.2) is 0 Å². The van der Waals surface area contributed by atoms with Crippen LogP contribution < -0.4 is 10.6 Å². The lowest BCUT2D eigenvalue weighted by molar-refractivity contribution is -0.123. The van der Waals surface area contributed by atoms with E-state index in [-0.39, 0.29) is 18.0 Å². The zero-order valence-corrected chi connectivity index (χ0v) is 12.5. The molecule has 1 aromatic carbocycles. The minimum absolute atomic E-state index is 0.0615. The topological polar surface area (TPSA) is 50.4 Å². The Bertz CT molecular complexity index is 460. The van der Waals surface area contributed by atoms with E-state index in [1.165, 1.54) is 5.56 Å². The summed E-state index contributed by atoms with van der Waals surface area (Å²) < 4.78 is 5.17. The number of hydrogen-bond donors (Lipinski definition) is 2. The van der Waals surface area contributed by atoms with Crippen molar-refractivity contribution in [3.05, 3.63) is 29.8 Å². The fraction of sp³-hybridized carbons (Fsp3) is 0.562. The first-order valence-corrected chi connectivity index (χ1v) is 7.25. The maximum absolute atomic E-state index is 12.4. The van der Waals surface area contributed by atoms with Crippen LogP contribution in [0.5, 0.6) is 0 Å². The van der Waals surface area contributed by atoms with Crippen LogP contribution in [0.25, 0.3) is 0 Å². The van der Waals surface area contributed by atoms with Gasteiger partial charge in [-0.2, -0.15) is 0 Å². The highest BCUT2D eigenvalue weighted by Crippen LogP contribution is 2.24. The first-order chi connectivity index (χ1) is 9.61. The lowest BCUT2D eigenvalue weighted by atomic mass is 9.97. The number of methoxy groups -OCH3 is 1. The standard InChI is InChI=1S/C16H24N2O2/c1-11(2)15(10-20-3)18-16(19)14-9-8-12-6-4-5-7-13(12)17-14/h4-7,11,14-15,17H,8-10H2,1-3H3,(H,18,19). The molecule has 1 aliphatic rings. The highest BCUT2D eigenvalue weighted by molar-refractivity contribution is 5.85. The molecule has 0 radical (unpaired) electrons. The van der Waals surface area contributed by atoms with Crippen LogP contribution in [-0.2, 0) is 16.0 Å². The Morgan fingerprint density at radius 1 is 1.45 bits per heavy atom. The summed E-state index contributed by atoms with van der Waals surface area (Å²) in [5.41, 5.74) is 2.36. The summed E-state index contributed by atoms with van der Waals surface area (Å²) in [6, 6.07) is 8.08. The first kappa shape index (κ1) is 14.9. The molecule has 2 N–H and O–H groups in total. The molecule has 1 aliphatic heterocycles. The van der Waals surface area contributed by atoms with E-state index in [1.54, 1.807) is 7.11 Å². The van der Waals surface area contributed by atoms with Crippen molar-refractivity contribution in [1.29, 1.82) is 0 Å². The molecule has 1 aromatic rings. The third kappa shape index (κ3) is 3.51. The molecule has 2 rings (SSSR count). The SMILES string of the molecule is COCC(NC(=O)C1CCc2ccccc2N1)C(C)C. The maximum Gasteiger partial charge on any atom is 0.242 e. The zero-order chi connectivity index (χ0) is 14.5. The van der Waals surface area contributed by atoms with Gasteiger partial charge in [-0.1, -0.05) is 32.0 Å². The summed E-state index contributed by atoms with van der Waals surface area (Å²) in [5.74, 6) is 0.421. The van der Waals surface area contributed by atoms with Crippen molar-refractivity contribution >= 4 is 11.6 Å². The van der Waals surface area contributed by atoms with Gasteiger partial charge >= 0.3 is 0 Å². The number of aryl methyl sites for hydroxylation is 1. The molecule has 4 heteroatoms. The van der Waals surface area contributed by atoms with Gasteiger partial charge in [0.2, 0.25) is 5.91 Å². The van der Waals surface area contributed by atoms with Crippen LogP contribution >= 0.6 is 0 Å². The first-order valence-electron chi connectivity index (χ1n) is 7.25. The Morgan fingerprint density at radius 3 is 2.90 bits per heavy atom. The molecule has 0 aromatic heterocycles. The molecule has 0 saturated heterocycles. The fourth-order valence-corrected chi connectivity index (χ4v) is 2.50. The van der Waals surface area contributed by atoms with Crippen molar-refractivity contribution in [2.75, 3.05) is 19.0 Å². The molecule has 0 saturated carbocycles. The number of para-hydroxylation sites is 1. The summed E-state index contributed by atoms with van der Waals surface area (Å²) in [6.45, 7) is 4.73. The molecular weight excluding hydrogens is 252 g/mol. The lowest BCUT2D eigenvalue weighted by Crippen LogP contribution is -2.49. The fourth-order valence-electron chi connectivity index (χ4n) is 2.50. The molecule has 0 aliphatic carbocycles. The second-order valence-corrected chi connectivity index (χ2v) is 5.71. The van der Waals surface area contributed by atoms with Crippen molar-refractivity contribution in [1.82, 2.24) is 5.32 Å². The van der Waals surface area contributed by atoms with Gasteiger partial charge in [0.15, 0.2) is 0 Å². The van der Waals surface area contributed by atoms with Gasteiger partial charge in [0.05, 0.1) is 12.6 Å². The van der Waals surface area contributed by atoms with E-state index in [1.807, 2.05) is 18.2 Å². The van der Waals surface area contributed by atoms with Crippen LogP contribution in [0.3, 0.4) is 0 Å². The highest BCUT2D eigenvalue weighted by Gasteiger charge is 2.26. The van der Waals surface area contributed by atoms with Crippen LogP contribution in [-0.4, -0.2) is 31.7 Å². The molecule has 0 bridgehead atoms. The predicted octanol–water partition coefficient (Wildman–Crippen LogP) is 2.20. The summed E-state index contributed by atoms with van der Waals surface area (Å²) in [5, 5.41) is 6.42.